The molecule has 6 aromatic rings. The number of carbonyl (C=O) groups is 3. The molecule has 0 aromatic carbocycles. The number of carbonyl (C=O) groups excluding carboxylic acids is 3. The van der Waals surface area contributed by atoms with Crippen LogP contribution in [0.4, 0.5) is 28.8 Å². The molecule has 12 rings (SSSR count). The van der Waals surface area contributed by atoms with Gasteiger partial charge in [-0.3, -0.25) is 42.5 Å². The summed E-state index contributed by atoms with van der Waals surface area (Å²) in [5.74, 6) is 0.0696. The fourth-order valence-corrected chi connectivity index (χ4v) is 12.4. The maximum atomic E-state index is 13.1. The lowest BCUT2D eigenvalue weighted by molar-refractivity contribution is 0.0867. The fourth-order valence-electron chi connectivity index (χ4n) is 10.6. The van der Waals surface area contributed by atoms with E-state index in [-0.39, 0.29) is 77.3 Å². The molecule has 9 heterocycles. The first-order valence-electron chi connectivity index (χ1n) is 24.1. The van der Waals surface area contributed by atoms with E-state index in [4.69, 9.17) is 75.3 Å². The Morgan fingerprint density at radius 2 is 0.789 bits per heavy atom. The minimum absolute atomic E-state index is 0.186. The van der Waals surface area contributed by atoms with E-state index < -0.39 is 17.0 Å². The fraction of sp³-hybridized carbons (Fsp3) is 0.375. The summed E-state index contributed by atoms with van der Waals surface area (Å²) in [6, 6.07) is 4.38. The highest BCUT2D eigenvalue weighted by molar-refractivity contribution is 9.10. The third-order valence-corrected chi connectivity index (χ3v) is 16.2. The lowest BCUT2D eigenvalue weighted by Gasteiger charge is -2.35. The summed E-state index contributed by atoms with van der Waals surface area (Å²) in [7, 11) is 0. The molecule has 0 unspecified atom stereocenters. The normalized spacial score (nSPS) is 17.8. The van der Waals surface area contributed by atoms with Gasteiger partial charge >= 0.3 is 0 Å². The number of pyridine rings is 3. The third kappa shape index (κ3) is 10.6. The van der Waals surface area contributed by atoms with Crippen molar-refractivity contribution in [2.45, 2.75) is 113 Å². The quantitative estimate of drug-likeness (QED) is 0.0959. The molecule has 6 aromatic heterocycles. The van der Waals surface area contributed by atoms with Gasteiger partial charge in [0.1, 0.15) is 85.3 Å². The highest BCUT2D eigenvalue weighted by atomic mass is 79.9. The molecule has 3 amide bonds. The van der Waals surface area contributed by atoms with Crippen molar-refractivity contribution < 1.29 is 14.4 Å². The van der Waals surface area contributed by atoms with Gasteiger partial charge in [0, 0.05) is 0 Å². The molecule has 3 aliphatic heterocycles. The standard InChI is InChI=1S/2C16H15Cl2N5O2.C12H12BrClN2O2.C4H4ClN3/c2*17-9-6-11(21-13-10(18)7-19-8-20-13)15(25)23-12(9)14(24)22-16(23)4-2-1-3-5-16;13-7-6-8(14)9-10(17)15-12(16(9)11(7)18)4-2-1-3-5-12;5-3-1-7-2-8-4(3)6/h2*6-8H,1-5H2,(H,22,24)(H,19,20,21);6H,1-5H2,(H,15,17);1-2H,(H2,6,7,8). The Labute approximate surface area is 471 Å². The molecule has 21 nitrogen and oxygen atoms in total. The van der Waals surface area contributed by atoms with Gasteiger partial charge in [0.25, 0.3) is 34.4 Å². The van der Waals surface area contributed by atoms with Gasteiger partial charge in [0.15, 0.2) is 11.6 Å². The van der Waals surface area contributed by atoms with Crippen molar-refractivity contribution in [3.8, 4) is 0 Å². The third-order valence-electron chi connectivity index (χ3n) is 14.0. The van der Waals surface area contributed by atoms with Crippen LogP contribution in [0.3, 0.4) is 0 Å². The van der Waals surface area contributed by atoms with E-state index in [9.17, 15) is 28.8 Å². The molecule has 0 radical (unpaired) electrons. The first-order chi connectivity index (χ1) is 36.4. The number of amides is 3. The second kappa shape index (κ2) is 22.6. The molecular formula is C48H46BrCl6N15O6. The molecule has 3 spiro atoms. The SMILES string of the molecule is Nc1ncncc1Cl.O=C1NC2(CCCCC2)n2c1c(Cl)cc(Br)c2=O.O=C1NC2(CCCCC2)n2c1c(Cl)cc(Nc1ncncc1Cl)c2=O.O=C1NC2(CCCCC2)n2c1c(Cl)cc(Nc1ncncc1Cl)c2=O. The van der Waals surface area contributed by atoms with Crippen molar-refractivity contribution in [3.05, 3.63) is 139 Å². The van der Waals surface area contributed by atoms with Gasteiger partial charge in [-0.15, -0.1) is 0 Å². The summed E-state index contributed by atoms with van der Waals surface area (Å²) in [6.07, 6.45) is 21.8. The molecule has 0 atom stereocenters. The van der Waals surface area contributed by atoms with Crippen LogP contribution in [0.2, 0.25) is 30.1 Å². The number of nitrogen functional groups attached to an aromatic ring is 1. The zero-order valence-electron chi connectivity index (χ0n) is 40.0. The van der Waals surface area contributed by atoms with Crippen LogP contribution in [-0.4, -0.2) is 61.3 Å². The molecule has 398 valence electrons. The van der Waals surface area contributed by atoms with Crippen molar-refractivity contribution in [1.82, 2.24) is 59.6 Å². The molecular weight excluding hydrogens is 1180 g/mol. The van der Waals surface area contributed by atoms with E-state index in [1.807, 2.05) is 0 Å². The van der Waals surface area contributed by atoms with Crippen molar-refractivity contribution >= 4 is 132 Å². The molecule has 0 bridgehead atoms. The number of halogens is 7. The van der Waals surface area contributed by atoms with Gasteiger partial charge < -0.3 is 32.3 Å². The number of nitrogens with zero attached hydrogens (tertiary/aromatic N) is 9. The Hall–Kier alpha value is -5.88. The number of nitrogens with two attached hydrogens (primary N) is 1. The Kier molecular flexibility index (Phi) is 16.3. The summed E-state index contributed by atoms with van der Waals surface area (Å²) in [4.78, 5) is 98.3. The summed E-state index contributed by atoms with van der Waals surface area (Å²) in [5, 5.41) is 16.4. The molecule has 6 aliphatic rings. The van der Waals surface area contributed by atoms with Crippen LogP contribution < -0.4 is 49.0 Å². The van der Waals surface area contributed by atoms with Crippen LogP contribution in [0.1, 0.15) is 128 Å². The minimum Gasteiger partial charge on any atom is -0.382 e. The lowest BCUT2D eigenvalue weighted by Crippen LogP contribution is -2.48. The van der Waals surface area contributed by atoms with Gasteiger partial charge in [-0.05, 0) is 111 Å². The number of hydrogen-bond acceptors (Lipinski definition) is 15. The predicted molar refractivity (Wildman–Crippen MR) is 293 cm³/mol. The number of aromatic nitrogens is 9. The first kappa shape index (κ1) is 54.9. The van der Waals surface area contributed by atoms with Gasteiger partial charge in [-0.1, -0.05) is 88.9 Å². The van der Waals surface area contributed by atoms with Gasteiger partial charge in [0.05, 0.1) is 38.1 Å². The smallest absolute Gasteiger partial charge is 0.276 e. The minimum atomic E-state index is -0.696. The van der Waals surface area contributed by atoms with Crippen LogP contribution in [0.25, 0.3) is 0 Å². The van der Waals surface area contributed by atoms with Crippen LogP contribution in [0.5, 0.6) is 0 Å². The number of hydrogen-bond donors (Lipinski definition) is 6. The Balaban J connectivity index is 0.000000131. The molecule has 0 saturated heterocycles. The lowest BCUT2D eigenvalue weighted by atomic mass is 9.89. The van der Waals surface area contributed by atoms with Crippen LogP contribution in [0, 0.1) is 0 Å². The van der Waals surface area contributed by atoms with Gasteiger partial charge in [0.2, 0.25) is 0 Å². The average molecular weight is 1220 g/mol. The molecule has 7 N–H and O–H groups in total. The predicted octanol–water partition coefficient (Wildman–Crippen LogP) is 9.43. The zero-order valence-corrected chi connectivity index (χ0v) is 46.1. The summed E-state index contributed by atoms with van der Waals surface area (Å²) < 4.78 is 4.97. The number of nitrogens with one attached hydrogen (secondary N) is 5. The van der Waals surface area contributed by atoms with Gasteiger partial charge in [-0.2, -0.15) is 0 Å². The highest BCUT2D eigenvalue weighted by Crippen LogP contribution is 2.42. The number of anilines is 5. The Bertz CT molecular complexity index is 3300. The molecule has 3 aliphatic carbocycles. The van der Waals surface area contributed by atoms with Gasteiger partial charge in [-0.25, -0.2) is 29.9 Å². The molecule has 76 heavy (non-hydrogen) atoms. The van der Waals surface area contributed by atoms with E-state index in [0.717, 1.165) is 70.6 Å². The van der Waals surface area contributed by atoms with E-state index in [1.165, 1.54) is 64.9 Å². The Morgan fingerprint density at radius 3 is 1.12 bits per heavy atom. The van der Waals surface area contributed by atoms with Crippen LogP contribution in [-0.2, 0) is 17.0 Å². The maximum Gasteiger partial charge on any atom is 0.276 e. The number of fused-ring (bicyclic) bond motifs is 6. The molecule has 28 heteroatoms. The monoisotopic (exact) mass is 1220 g/mol. The average Bonchev–Trinajstić information content (AvgIpc) is 4.04. The molecule has 3 fully saturated rings. The van der Waals surface area contributed by atoms with Crippen molar-refractivity contribution in [2.75, 3.05) is 16.4 Å². The second-order valence-corrected chi connectivity index (χ2v) is 22.0. The topological polar surface area (TPSA) is 281 Å². The second-order valence-electron chi connectivity index (χ2n) is 18.7. The van der Waals surface area contributed by atoms with Crippen molar-refractivity contribution in [1.29, 1.82) is 0 Å². The van der Waals surface area contributed by atoms with Crippen LogP contribution >= 0.6 is 85.5 Å². The molecule has 3 saturated carbocycles. The summed E-state index contributed by atoms with van der Waals surface area (Å²) in [5.41, 5.74) is 3.62. The van der Waals surface area contributed by atoms with E-state index in [2.05, 4.69) is 72.4 Å². The van der Waals surface area contributed by atoms with E-state index >= 15 is 0 Å². The maximum absolute atomic E-state index is 13.1. The number of rotatable bonds is 4. The Morgan fingerprint density at radius 1 is 0.461 bits per heavy atom. The summed E-state index contributed by atoms with van der Waals surface area (Å²) in [6.45, 7) is 0. The van der Waals surface area contributed by atoms with E-state index in [1.54, 1.807) is 4.57 Å². The largest absolute Gasteiger partial charge is 0.382 e. The highest BCUT2D eigenvalue weighted by Gasteiger charge is 2.48. The van der Waals surface area contributed by atoms with Crippen LogP contribution in [0.15, 0.2) is 74.6 Å². The zero-order chi connectivity index (χ0) is 54.1. The van der Waals surface area contributed by atoms with Crippen molar-refractivity contribution in [3.63, 3.8) is 0 Å². The van der Waals surface area contributed by atoms with Crippen molar-refractivity contribution in [2.24, 2.45) is 0 Å². The summed E-state index contributed by atoms with van der Waals surface area (Å²) >= 11 is 39.5. The first-order valence-corrected chi connectivity index (χ1v) is 27.1. The van der Waals surface area contributed by atoms with E-state index in [0.29, 0.717) is 63.3 Å².